The maximum Gasteiger partial charge on any atom is 0.327 e. The zero-order valence-electron chi connectivity index (χ0n) is 45.8. The summed E-state index contributed by atoms with van der Waals surface area (Å²) in [4.78, 5) is 67.0. The predicted octanol–water partition coefficient (Wildman–Crippen LogP) is 2.65. The number of aliphatic hydroxyl groups is 5. The number of nitrogens with one attached hydrogen (secondary N) is 1. The fourth-order valence-electron chi connectivity index (χ4n) is 11.6. The van der Waals surface area contributed by atoms with E-state index in [9.17, 15) is 54.6 Å². The van der Waals surface area contributed by atoms with Gasteiger partial charge < -0.3 is 74.2 Å². The van der Waals surface area contributed by atoms with Gasteiger partial charge in [0.15, 0.2) is 12.6 Å². The van der Waals surface area contributed by atoms with Gasteiger partial charge in [0.2, 0.25) is 11.8 Å². The number of benzene rings is 1. The van der Waals surface area contributed by atoms with E-state index < -0.39 is 130 Å². The number of ketones is 1. The fourth-order valence-corrected chi connectivity index (χ4v) is 13.2. The highest BCUT2D eigenvalue weighted by Gasteiger charge is 2.64. The van der Waals surface area contributed by atoms with Crippen molar-refractivity contribution in [3.63, 3.8) is 0 Å². The second kappa shape index (κ2) is 24.1. The summed E-state index contributed by atoms with van der Waals surface area (Å²) in [7, 11) is 5.18. The van der Waals surface area contributed by atoms with Gasteiger partial charge in [-0.05, 0) is 94.3 Å². The second-order valence-electron chi connectivity index (χ2n) is 22.8. The molecule has 5 fully saturated rings. The SMILES string of the molecule is CC1(C)S[C@@H]2[C@H](NC(=O)Cc3ccccc3)C(=O)N2[C@H]1C(=O)O.CC[C@H]1OC(=O)[C@H](C)[C@@H](O[C@H]2C[C@@](C)(OC)[C@@H](O)[C@H](C)O2)[C@H](C)[C@@H](O[C@@H]2O[C@H](C)C[C@H](N(C)C)[C@H]2O)[C@](C)(O)C[C@@H](C)C(=O)[C@H](C)[C@@H](O)[C@]1(C)O. The standard InChI is InChI=1S/C37H67NO13.C16H18N2O4S/c1-14-25-37(10,45)30(41)20(4)27(39)18(2)16-35(8,44)32(51-34-28(40)24(38(11)12)15-19(3)47-34)21(5)29(22(6)33(43)49-25)50-26-17-36(9,46-13)31(42)23(7)48-26;1-16(2)12(15(21)22)18-13(20)11(14(18)23-16)17-10(19)8-9-6-4-3-5-7-9/h18-26,28-32,34,40-42,44-45H,14-17H2,1-13H3;3-7,11-12,14H,8H2,1-2H3,(H,17,19)(H,21,22)/t18-,19-,20+,21+,22-,23+,24+,25-,26+,28-,29+,30-,31+,32-,34+,35-,36-,37-;11-,12+,14-/m11/s1. The minimum Gasteiger partial charge on any atom is -0.480 e. The number of aliphatic carboxylic acids is 1. The molecule has 420 valence electrons. The van der Waals surface area contributed by atoms with Crippen LogP contribution < -0.4 is 5.32 Å². The molecule has 1 aromatic carbocycles. The number of β-lactam (4-membered cyclic amide) rings is 1. The van der Waals surface area contributed by atoms with Crippen LogP contribution in [0, 0.1) is 23.7 Å². The number of hydrogen-bond donors (Lipinski definition) is 7. The van der Waals surface area contributed by atoms with Gasteiger partial charge in [-0.1, -0.05) is 58.0 Å². The molecule has 20 nitrogen and oxygen atoms in total. The summed E-state index contributed by atoms with van der Waals surface area (Å²) < 4.78 is 36.5. The Morgan fingerprint density at radius 1 is 0.892 bits per heavy atom. The topological polar surface area (TPSA) is 281 Å². The molecule has 5 aliphatic heterocycles. The number of methoxy groups -OCH3 is 1. The van der Waals surface area contributed by atoms with Crippen molar-refractivity contribution >= 4 is 41.3 Å². The normalized spacial score (nSPS) is 43.0. The Balaban J connectivity index is 0.000000363. The number of carbonyl (C=O) groups is 5. The van der Waals surface area contributed by atoms with E-state index in [-0.39, 0.29) is 55.0 Å². The van der Waals surface area contributed by atoms with Crippen LogP contribution in [0.3, 0.4) is 0 Å². The van der Waals surface area contributed by atoms with E-state index >= 15 is 0 Å². The Kier molecular flexibility index (Phi) is 20.1. The van der Waals surface area contributed by atoms with Gasteiger partial charge in [0, 0.05) is 42.1 Å². The number of carboxylic acids is 1. The Hall–Kier alpha value is -3.32. The molecule has 0 saturated carbocycles. The molecule has 5 heterocycles. The molecule has 5 saturated heterocycles. The Morgan fingerprint density at radius 2 is 1.51 bits per heavy atom. The number of hydrogen-bond acceptors (Lipinski definition) is 18. The van der Waals surface area contributed by atoms with Crippen molar-refractivity contribution in [1.29, 1.82) is 0 Å². The first-order valence-electron chi connectivity index (χ1n) is 25.9. The van der Waals surface area contributed by atoms with Crippen molar-refractivity contribution in [2.45, 2.75) is 222 Å². The highest BCUT2D eigenvalue weighted by atomic mass is 32.2. The molecule has 0 aromatic heterocycles. The number of nitrogens with zero attached hydrogens (tertiary/aromatic N) is 2. The van der Waals surface area contributed by atoms with E-state index in [1.807, 2.05) is 70.1 Å². The molecular weight excluding hydrogens is 983 g/mol. The van der Waals surface area contributed by atoms with Crippen LogP contribution in [0.4, 0.5) is 0 Å². The first-order chi connectivity index (χ1) is 34.2. The van der Waals surface area contributed by atoms with Crippen LogP contribution in [0.25, 0.3) is 0 Å². The van der Waals surface area contributed by atoms with Gasteiger partial charge in [0.25, 0.3) is 0 Å². The van der Waals surface area contributed by atoms with Crippen molar-refractivity contribution in [2.75, 3.05) is 21.2 Å². The first-order valence-corrected chi connectivity index (χ1v) is 26.7. The minimum atomic E-state index is -1.99. The van der Waals surface area contributed by atoms with Gasteiger partial charge in [0.1, 0.15) is 47.2 Å². The van der Waals surface area contributed by atoms with Crippen LogP contribution in [0.15, 0.2) is 30.3 Å². The quantitative estimate of drug-likeness (QED) is 0.124. The lowest BCUT2D eigenvalue weighted by molar-refractivity contribution is -0.318. The average Bonchev–Trinajstić information content (AvgIpc) is 3.59. The van der Waals surface area contributed by atoms with Crippen molar-refractivity contribution in [2.24, 2.45) is 23.7 Å². The van der Waals surface area contributed by atoms with E-state index in [1.54, 1.807) is 41.5 Å². The third kappa shape index (κ3) is 13.1. The summed E-state index contributed by atoms with van der Waals surface area (Å²) >= 11 is 1.42. The number of rotatable bonds is 11. The Bertz CT molecular complexity index is 2110. The molecule has 0 spiro atoms. The van der Waals surface area contributed by atoms with E-state index in [0.717, 1.165) is 5.56 Å². The number of fused-ring (bicyclic) bond motifs is 1. The molecule has 0 bridgehead atoms. The number of esters is 1. The number of aliphatic hydroxyl groups excluding tert-OH is 3. The van der Waals surface area contributed by atoms with Gasteiger partial charge in [-0.25, -0.2) is 4.79 Å². The summed E-state index contributed by atoms with van der Waals surface area (Å²) in [6.07, 6.45) is -9.51. The average molecular weight is 1070 g/mol. The number of likely N-dealkylation sites (N-methyl/N-ethyl adjacent to an activating group) is 1. The van der Waals surface area contributed by atoms with Crippen LogP contribution >= 0.6 is 11.8 Å². The zero-order valence-corrected chi connectivity index (χ0v) is 46.6. The molecule has 6 rings (SSSR count). The predicted molar refractivity (Wildman–Crippen MR) is 272 cm³/mol. The molecule has 0 unspecified atom stereocenters. The summed E-state index contributed by atoms with van der Waals surface area (Å²) in [6, 6.07) is 7.46. The van der Waals surface area contributed by atoms with Crippen LogP contribution in [0.5, 0.6) is 0 Å². The van der Waals surface area contributed by atoms with Crippen molar-refractivity contribution in [3.05, 3.63) is 35.9 Å². The lowest BCUT2D eigenvalue weighted by Gasteiger charge is -2.49. The van der Waals surface area contributed by atoms with Crippen molar-refractivity contribution < 1.29 is 83.0 Å². The van der Waals surface area contributed by atoms with Gasteiger partial charge in [-0.3, -0.25) is 19.2 Å². The van der Waals surface area contributed by atoms with E-state index in [2.05, 4.69) is 5.32 Å². The third-order valence-electron chi connectivity index (χ3n) is 16.0. The molecule has 0 aliphatic carbocycles. The summed E-state index contributed by atoms with van der Waals surface area (Å²) in [5.74, 6) is -6.53. The lowest BCUT2D eigenvalue weighted by Crippen LogP contribution is -2.70. The van der Waals surface area contributed by atoms with Crippen LogP contribution in [0.1, 0.15) is 114 Å². The van der Waals surface area contributed by atoms with Gasteiger partial charge in [-0.15, -0.1) is 11.8 Å². The van der Waals surface area contributed by atoms with Crippen molar-refractivity contribution in [3.8, 4) is 0 Å². The molecule has 0 radical (unpaired) electrons. The number of carbonyl (C=O) groups excluding carboxylic acids is 4. The number of ether oxygens (including phenoxy) is 6. The van der Waals surface area contributed by atoms with Crippen LogP contribution in [-0.2, 0) is 58.8 Å². The Morgan fingerprint density at radius 3 is 2.08 bits per heavy atom. The maximum atomic E-state index is 14.1. The van der Waals surface area contributed by atoms with Gasteiger partial charge in [0.05, 0.1) is 54.1 Å². The van der Waals surface area contributed by atoms with E-state index in [1.165, 1.54) is 44.5 Å². The number of Topliss-reactive ketones (excluding diaryl/α,β-unsaturated/α-hetero) is 1. The van der Waals surface area contributed by atoms with Gasteiger partial charge >= 0.3 is 11.9 Å². The highest BCUT2D eigenvalue weighted by Crippen LogP contribution is 2.51. The van der Waals surface area contributed by atoms with Gasteiger partial charge in [-0.2, -0.15) is 0 Å². The molecule has 2 amide bonds. The summed E-state index contributed by atoms with van der Waals surface area (Å²) in [5, 5.41) is 69.4. The highest BCUT2D eigenvalue weighted by molar-refractivity contribution is 8.01. The lowest BCUT2D eigenvalue weighted by atomic mass is 9.74. The van der Waals surface area contributed by atoms with E-state index in [0.29, 0.717) is 6.42 Å². The number of carboxylic acid groups (broad SMARTS) is 1. The smallest absolute Gasteiger partial charge is 0.327 e. The maximum absolute atomic E-state index is 14.1. The van der Waals surface area contributed by atoms with Crippen molar-refractivity contribution in [1.82, 2.24) is 15.1 Å². The third-order valence-corrected chi connectivity index (χ3v) is 17.6. The van der Waals surface area contributed by atoms with Crippen LogP contribution in [0.2, 0.25) is 0 Å². The largest absolute Gasteiger partial charge is 0.480 e. The molecule has 7 N–H and O–H groups in total. The minimum absolute atomic E-state index is 0.0936. The zero-order chi connectivity index (χ0) is 55.7. The molecule has 21 atom stereocenters. The number of amides is 2. The summed E-state index contributed by atoms with van der Waals surface area (Å²) in [5.41, 5.74) is -3.97. The van der Waals surface area contributed by atoms with E-state index in [4.69, 9.17) is 28.4 Å². The molecule has 21 heteroatoms. The summed E-state index contributed by atoms with van der Waals surface area (Å²) in [6.45, 7) is 20.0. The number of cyclic esters (lactones) is 1. The fraction of sp³-hybridized carbons (Fsp3) is 0.792. The molecule has 74 heavy (non-hydrogen) atoms. The molecule has 1 aromatic rings. The first kappa shape index (κ1) is 61.5. The monoisotopic (exact) mass is 1070 g/mol. The number of thioether (sulfide) groups is 1. The molecule has 5 aliphatic rings. The second-order valence-corrected chi connectivity index (χ2v) is 24.5. The Labute approximate surface area is 440 Å². The van der Waals surface area contributed by atoms with Crippen LogP contribution in [-0.4, -0.2) is 198 Å². The molecular formula is C53H85N3O17S.